The Balaban J connectivity index is 0.00000289. The average molecular weight is 522 g/mol. The van der Waals surface area contributed by atoms with Crippen molar-refractivity contribution in [2.24, 2.45) is 5.16 Å². The fourth-order valence-electron chi connectivity index (χ4n) is 2.98. The number of nitrogens with two attached hydrogens (primary N) is 1. The second-order valence-electron chi connectivity index (χ2n) is 6.11. The molecule has 0 aromatic carbocycles. The Kier molecular flexibility index (Phi) is 8.18. The summed E-state index contributed by atoms with van der Waals surface area (Å²) in [5.41, 5.74) is 7.09. The van der Waals surface area contributed by atoms with E-state index in [0.29, 0.717) is 21.4 Å². The molecule has 1 fully saturated rings. The molecule has 4 rings (SSSR count). The van der Waals surface area contributed by atoms with Crippen LogP contribution >= 0.6 is 46.2 Å². The molecule has 2 atom stereocenters. The zero-order valence-corrected chi connectivity index (χ0v) is 21.5. The molecule has 2 aromatic heterocycles. The number of nitrogens with one attached hydrogen (secondary N) is 1. The predicted molar refractivity (Wildman–Crippen MR) is 113 cm³/mol. The summed E-state index contributed by atoms with van der Waals surface area (Å²) in [6.07, 6.45) is 0. The van der Waals surface area contributed by atoms with E-state index in [-0.39, 0.29) is 46.1 Å². The summed E-state index contributed by atoms with van der Waals surface area (Å²) in [6.45, 7) is 0. The summed E-state index contributed by atoms with van der Waals surface area (Å²) in [5, 5.41) is 35.0. The van der Waals surface area contributed by atoms with E-state index in [0.717, 1.165) is 16.2 Å². The van der Waals surface area contributed by atoms with Crippen LogP contribution in [0.2, 0.25) is 0 Å². The fraction of sp³-hybridized carbons (Fsp3) is 0.267. The fourth-order valence-corrected chi connectivity index (χ4v) is 6.50. The molecule has 162 valence electrons. The van der Waals surface area contributed by atoms with Crippen molar-refractivity contribution in [3.05, 3.63) is 27.9 Å². The van der Waals surface area contributed by atoms with Crippen molar-refractivity contribution in [2.45, 2.75) is 15.8 Å². The predicted octanol–water partition coefficient (Wildman–Crippen LogP) is -4.04. The molecule has 17 heteroatoms. The number of nitrogen functional groups attached to an aromatic ring is 1. The Morgan fingerprint density at radius 3 is 2.81 bits per heavy atom. The molecule has 4 N–H and O–H groups in total. The van der Waals surface area contributed by atoms with Crippen molar-refractivity contribution in [3.8, 4) is 0 Å². The number of amides is 2. The van der Waals surface area contributed by atoms with E-state index < -0.39 is 34.9 Å². The molecule has 2 amide bonds. The first-order valence-corrected chi connectivity index (χ1v) is 12.2. The van der Waals surface area contributed by atoms with E-state index in [1.165, 1.54) is 40.2 Å². The van der Waals surface area contributed by atoms with E-state index in [1.54, 1.807) is 5.51 Å². The van der Waals surface area contributed by atoms with Crippen LogP contribution in [0.1, 0.15) is 5.69 Å². The molecule has 12 nitrogen and oxygen atoms in total. The summed E-state index contributed by atoms with van der Waals surface area (Å²) in [6, 6.07) is -0.989. The average Bonchev–Trinajstić information content (AvgIpc) is 3.42. The van der Waals surface area contributed by atoms with E-state index >= 15 is 0 Å². The SMILES string of the molecule is Nc1nc(/C(=N/O)C(=O)NC2C(=O)N3C(C(=O)[O-])=C(CSc4nncs4)CS[C@H]23)cs1.[Na+]. The minimum Gasteiger partial charge on any atom is -0.543 e. The van der Waals surface area contributed by atoms with Gasteiger partial charge in [0.25, 0.3) is 11.8 Å². The molecule has 0 bridgehead atoms. The summed E-state index contributed by atoms with van der Waals surface area (Å²) in [7, 11) is 0. The first-order valence-electron chi connectivity index (χ1n) is 8.42. The number of thiazole rings is 1. The normalized spacial score (nSPS) is 20.3. The third-order valence-corrected chi connectivity index (χ3v) is 8.28. The number of hydrogen-bond acceptors (Lipinski definition) is 14. The number of hydrogen-bond donors (Lipinski definition) is 3. The van der Waals surface area contributed by atoms with Gasteiger partial charge in [-0.3, -0.25) is 14.5 Å². The zero-order valence-electron chi connectivity index (χ0n) is 16.3. The van der Waals surface area contributed by atoms with Crippen LogP contribution in [0.5, 0.6) is 0 Å². The van der Waals surface area contributed by atoms with Crippen LogP contribution in [0.15, 0.2) is 31.7 Å². The van der Waals surface area contributed by atoms with Gasteiger partial charge in [-0.1, -0.05) is 28.3 Å². The number of carbonyl (C=O) groups is 3. The molecule has 32 heavy (non-hydrogen) atoms. The Bertz CT molecular complexity index is 1110. The molecule has 0 spiro atoms. The number of aromatic nitrogens is 3. The standard InChI is InChI=1S/C15H13N7O5S4.Na/c16-14-18-6(3-29-14)7(21-27)10(23)19-8-11(24)22-9(13(25)26)5(1-28-12(8)22)2-30-15-20-17-4-31-15;/h3-4,8,12,27H,1-2H2,(H2,16,18)(H,19,23)(H,25,26);/q;+1/p-1/b21-7-;/t8?,12-;/m1./s1. The van der Waals surface area contributed by atoms with E-state index in [1.807, 2.05) is 0 Å². The molecule has 0 aliphatic carbocycles. The summed E-state index contributed by atoms with van der Waals surface area (Å²) < 4.78 is 0.677. The van der Waals surface area contributed by atoms with Crippen LogP contribution in [0.25, 0.3) is 0 Å². The number of anilines is 1. The number of carboxylic acids is 1. The van der Waals surface area contributed by atoms with Crippen LogP contribution in [0.4, 0.5) is 5.13 Å². The van der Waals surface area contributed by atoms with Crippen molar-refractivity contribution >= 4 is 74.8 Å². The van der Waals surface area contributed by atoms with Gasteiger partial charge in [-0.05, 0) is 5.57 Å². The van der Waals surface area contributed by atoms with Crippen molar-refractivity contribution in [1.29, 1.82) is 0 Å². The van der Waals surface area contributed by atoms with Crippen LogP contribution in [0, 0.1) is 0 Å². The third-order valence-electron chi connectivity index (χ3n) is 4.32. The minimum atomic E-state index is -1.47. The molecule has 0 saturated carbocycles. The molecule has 2 aliphatic heterocycles. The summed E-state index contributed by atoms with van der Waals surface area (Å²) in [5.74, 6) is -2.25. The quantitative estimate of drug-likeness (QED) is 0.0804. The molecule has 1 unspecified atom stereocenters. The maximum Gasteiger partial charge on any atom is 1.00 e. The number of carboxylic acid groups (broad SMARTS) is 1. The number of fused-ring (bicyclic) bond motifs is 1. The van der Waals surface area contributed by atoms with Gasteiger partial charge in [0.15, 0.2) is 15.2 Å². The van der Waals surface area contributed by atoms with Crippen LogP contribution < -0.4 is 45.7 Å². The number of thioether (sulfide) groups is 2. The number of rotatable bonds is 7. The number of β-lactam (4-membered cyclic amide) rings is 1. The van der Waals surface area contributed by atoms with Crippen molar-refractivity contribution in [2.75, 3.05) is 17.2 Å². The van der Waals surface area contributed by atoms with E-state index in [9.17, 15) is 24.7 Å². The molecule has 4 heterocycles. The zero-order chi connectivity index (χ0) is 22.1. The van der Waals surface area contributed by atoms with Crippen LogP contribution in [-0.2, 0) is 14.4 Å². The Morgan fingerprint density at radius 2 is 2.22 bits per heavy atom. The van der Waals surface area contributed by atoms with Crippen LogP contribution in [-0.4, -0.2) is 71.7 Å². The van der Waals surface area contributed by atoms with Gasteiger partial charge in [0, 0.05) is 16.9 Å². The van der Waals surface area contributed by atoms with Gasteiger partial charge >= 0.3 is 29.6 Å². The topological polar surface area (TPSA) is 187 Å². The number of aliphatic carboxylic acids is 1. The van der Waals surface area contributed by atoms with E-state index in [2.05, 4.69) is 25.7 Å². The first kappa shape index (κ1) is 24.9. The van der Waals surface area contributed by atoms with Crippen LogP contribution in [0.3, 0.4) is 0 Å². The first-order chi connectivity index (χ1) is 14.9. The maximum absolute atomic E-state index is 12.7. The third kappa shape index (κ3) is 4.80. The molecular formula is C15H12N7NaO5S4. The van der Waals surface area contributed by atoms with Gasteiger partial charge in [-0.2, -0.15) is 0 Å². The van der Waals surface area contributed by atoms with Gasteiger partial charge in [0.2, 0.25) is 0 Å². The molecule has 1 saturated heterocycles. The van der Waals surface area contributed by atoms with Crippen molar-refractivity contribution in [1.82, 2.24) is 25.4 Å². The number of carbonyl (C=O) groups excluding carboxylic acids is 3. The second-order valence-corrected chi connectivity index (χ2v) is 10.2. The Morgan fingerprint density at radius 1 is 1.44 bits per heavy atom. The second kappa shape index (κ2) is 10.5. The molecule has 2 aliphatic rings. The van der Waals surface area contributed by atoms with E-state index in [4.69, 9.17) is 5.73 Å². The summed E-state index contributed by atoms with van der Waals surface area (Å²) in [4.78, 5) is 42.0. The van der Waals surface area contributed by atoms with Gasteiger partial charge < -0.3 is 26.2 Å². The minimum absolute atomic E-state index is 0. The van der Waals surface area contributed by atoms with Gasteiger partial charge in [-0.25, -0.2) is 4.98 Å². The van der Waals surface area contributed by atoms with Gasteiger partial charge in [-0.15, -0.1) is 33.3 Å². The number of oxime groups is 1. The smallest absolute Gasteiger partial charge is 0.543 e. The molecule has 2 aromatic rings. The molecular weight excluding hydrogens is 509 g/mol. The Hall–Kier alpha value is -1.69. The van der Waals surface area contributed by atoms with Gasteiger partial charge in [0.1, 0.15) is 22.6 Å². The largest absolute Gasteiger partial charge is 1.00 e. The maximum atomic E-state index is 12.7. The van der Waals surface area contributed by atoms with Crippen molar-refractivity contribution < 1.29 is 54.3 Å². The monoisotopic (exact) mass is 521 g/mol. The summed E-state index contributed by atoms with van der Waals surface area (Å²) >= 11 is 5.01. The number of nitrogens with zero attached hydrogens (tertiary/aromatic N) is 5. The Labute approximate surface area is 219 Å². The van der Waals surface area contributed by atoms with Gasteiger partial charge in [0.05, 0.1) is 11.7 Å². The molecule has 0 radical (unpaired) electrons. The van der Waals surface area contributed by atoms with Crippen molar-refractivity contribution in [3.63, 3.8) is 0 Å².